The number of primary amides is 1. The number of imidazole rings is 1. The van der Waals surface area contributed by atoms with Gasteiger partial charge in [-0.25, -0.2) is 4.98 Å². The second-order valence-electron chi connectivity index (χ2n) is 3.90. The zero-order valence-corrected chi connectivity index (χ0v) is 9.52. The summed E-state index contributed by atoms with van der Waals surface area (Å²) in [6.07, 6.45) is 0.662. The Morgan fingerprint density at radius 1 is 1.47 bits per heavy atom. The van der Waals surface area contributed by atoms with Crippen LogP contribution < -0.4 is 10.6 Å². The Kier molecular flexibility index (Phi) is 2.55. The topological polar surface area (TPSA) is 92.1 Å². The van der Waals surface area contributed by atoms with Gasteiger partial charge in [0, 0.05) is 25.2 Å². The summed E-state index contributed by atoms with van der Waals surface area (Å²) < 4.78 is 0. The van der Waals surface area contributed by atoms with Crippen molar-refractivity contribution in [1.82, 2.24) is 9.97 Å². The molecule has 6 nitrogen and oxygen atoms in total. The monoisotopic (exact) mass is 232 g/mol. The first-order valence-electron chi connectivity index (χ1n) is 4.99. The van der Waals surface area contributed by atoms with Gasteiger partial charge in [-0.2, -0.15) is 0 Å². The van der Waals surface area contributed by atoms with Crippen LogP contribution in [0.1, 0.15) is 20.7 Å². The number of H-pyrrole nitrogens is 1. The second-order valence-corrected chi connectivity index (χ2v) is 3.90. The Bertz CT molecular complexity index is 601. The minimum atomic E-state index is -0.573. The van der Waals surface area contributed by atoms with Crippen LogP contribution >= 0.6 is 0 Å². The minimum absolute atomic E-state index is 0.286. The van der Waals surface area contributed by atoms with Crippen molar-refractivity contribution < 1.29 is 9.59 Å². The quantitative estimate of drug-likeness (QED) is 0.755. The van der Waals surface area contributed by atoms with Gasteiger partial charge < -0.3 is 15.6 Å². The summed E-state index contributed by atoms with van der Waals surface area (Å²) >= 11 is 0. The standard InChI is InChI=1S/C11H12N4O2/c1-15(2)11-13-8-4-6(10(12)17)3-7(5-16)9(8)14-11/h3-5H,1-2H3,(H2,12,17)(H,13,14). The summed E-state index contributed by atoms with van der Waals surface area (Å²) in [7, 11) is 3.65. The average molecular weight is 232 g/mol. The first-order chi connectivity index (χ1) is 8.02. The molecule has 1 heterocycles. The van der Waals surface area contributed by atoms with Crippen LogP contribution in [-0.2, 0) is 0 Å². The van der Waals surface area contributed by atoms with E-state index in [1.165, 1.54) is 6.07 Å². The maximum Gasteiger partial charge on any atom is 0.248 e. The van der Waals surface area contributed by atoms with E-state index in [-0.39, 0.29) is 5.56 Å². The van der Waals surface area contributed by atoms with Crippen LogP contribution in [0.4, 0.5) is 5.95 Å². The molecular formula is C11H12N4O2. The largest absolute Gasteiger partial charge is 0.366 e. The first-order valence-corrected chi connectivity index (χ1v) is 4.99. The van der Waals surface area contributed by atoms with Crippen molar-refractivity contribution in [3.63, 3.8) is 0 Å². The van der Waals surface area contributed by atoms with Gasteiger partial charge in [-0.15, -0.1) is 0 Å². The van der Waals surface area contributed by atoms with Crippen molar-refractivity contribution in [3.8, 4) is 0 Å². The van der Waals surface area contributed by atoms with Crippen LogP contribution in [0, 0.1) is 0 Å². The predicted molar refractivity (Wildman–Crippen MR) is 64.3 cm³/mol. The van der Waals surface area contributed by atoms with E-state index in [0.717, 1.165) is 0 Å². The zero-order chi connectivity index (χ0) is 12.6. The molecule has 0 spiro atoms. The van der Waals surface area contributed by atoms with Gasteiger partial charge >= 0.3 is 0 Å². The van der Waals surface area contributed by atoms with Gasteiger partial charge in [0.05, 0.1) is 5.52 Å². The van der Waals surface area contributed by atoms with E-state index in [1.807, 2.05) is 14.1 Å². The molecule has 1 aromatic carbocycles. The van der Waals surface area contributed by atoms with Gasteiger partial charge in [0.25, 0.3) is 0 Å². The van der Waals surface area contributed by atoms with Crippen molar-refractivity contribution in [1.29, 1.82) is 0 Å². The van der Waals surface area contributed by atoms with Crippen LogP contribution in [0.2, 0.25) is 0 Å². The summed E-state index contributed by atoms with van der Waals surface area (Å²) in [4.78, 5) is 31.1. The number of nitrogens with two attached hydrogens (primary N) is 1. The molecule has 0 bridgehead atoms. The SMILES string of the molecule is CN(C)c1nc2c(C=O)cc(C(N)=O)cc2[nH]1. The summed E-state index contributed by atoms with van der Waals surface area (Å²) in [5.74, 6) is 0.0423. The van der Waals surface area contributed by atoms with Gasteiger partial charge in [0.15, 0.2) is 6.29 Å². The molecule has 88 valence electrons. The van der Waals surface area contributed by atoms with E-state index >= 15 is 0 Å². The normalized spacial score (nSPS) is 10.5. The molecule has 0 fully saturated rings. The van der Waals surface area contributed by atoms with Crippen LogP contribution in [0.5, 0.6) is 0 Å². The van der Waals surface area contributed by atoms with E-state index in [1.54, 1.807) is 11.0 Å². The summed E-state index contributed by atoms with van der Waals surface area (Å²) in [6.45, 7) is 0. The molecule has 0 aliphatic rings. The Balaban J connectivity index is 2.73. The molecule has 0 radical (unpaired) electrons. The third-order valence-electron chi connectivity index (χ3n) is 2.44. The Morgan fingerprint density at radius 3 is 2.71 bits per heavy atom. The number of hydrogen-bond donors (Lipinski definition) is 2. The highest BCUT2D eigenvalue weighted by atomic mass is 16.1. The summed E-state index contributed by atoms with van der Waals surface area (Å²) in [5.41, 5.74) is 6.98. The number of carbonyl (C=O) groups is 2. The number of anilines is 1. The second kappa shape index (κ2) is 3.89. The Hall–Kier alpha value is -2.37. The molecular weight excluding hydrogens is 220 g/mol. The highest BCUT2D eigenvalue weighted by Gasteiger charge is 2.12. The van der Waals surface area contributed by atoms with Crippen molar-refractivity contribution in [2.24, 2.45) is 5.73 Å². The van der Waals surface area contributed by atoms with E-state index in [9.17, 15) is 9.59 Å². The Labute approximate surface area is 97.4 Å². The van der Waals surface area contributed by atoms with E-state index in [0.29, 0.717) is 28.8 Å². The highest BCUT2D eigenvalue weighted by molar-refractivity contribution is 6.02. The minimum Gasteiger partial charge on any atom is -0.366 e. The molecule has 6 heteroatoms. The van der Waals surface area contributed by atoms with Gasteiger partial charge in [-0.3, -0.25) is 9.59 Å². The van der Waals surface area contributed by atoms with Crippen molar-refractivity contribution in [2.45, 2.75) is 0 Å². The maximum absolute atomic E-state index is 11.1. The zero-order valence-electron chi connectivity index (χ0n) is 9.52. The molecule has 0 atom stereocenters. The van der Waals surface area contributed by atoms with Crippen LogP contribution in [0.3, 0.4) is 0 Å². The van der Waals surface area contributed by atoms with E-state index < -0.39 is 5.91 Å². The van der Waals surface area contributed by atoms with Crippen LogP contribution in [0.25, 0.3) is 11.0 Å². The molecule has 1 aromatic heterocycles. The molecule has 0 aliphatic heterocycles. The highest BCUT2D eigenvalue weighted by Crippen LogP contribution is 2.20. The lowest BCUT2D eigenvalue weighted by atomic mass is 10.1. The third-order valence-corrected chi connectivity index (χ3v) is 2.44. The molecule has 1 amide bonds. The number of rotatable bonds is 3. The first kappa shape index (κ1) is 11.1. The molecule has 0 aliphatic carbocycles. The van der Waals surface area contributed by atoms with Gasteiger partial charge in [0.2, 0.25) is 11.9 Å². The van der Waals surface area contributed by atoms with Gasteiger partial charge in [-0.1, -0.05) is 0 Å². The number of aldehydes is 1. The van der Waals surface area contributed by atoms with E-state index in [4.69, 9.17) is 5.73 Å². The molecule has 0 saturated heterocycles. The Morgan fingerprint density at radius 2 is 2.18 bits per heavy atom. The van der Waals surface area contributed by atoms with Gasteiger partial charge in [0.1, 0.15) is 5.52 Å². The van der Waals surface area contributed by atoms with Crippen molar-refractivity contribution >= 4 is 29.2 Å². The maximum atomic E-state index is 11.1. The number of aromatic amines is 1. The third kappa shape index (κ3) is 1.84. The molecule has 2 aromatic rings. The molecule has 0 unspecified atom stereocenters. The smallest absolute Gasteiger partial charge is 0.248 e. The number of nitrogens with zero attached hydrogens (tertiary/aromatic N) is 2. The fraction of sp³-hybridized carbons (Fsp3) is 0.182. The van der Waals surface area contributed by atoms with E-state index in [2.05, 4.69) is 9.97 Å². The number of amides is 1. The molecule has 0 saturated carbocycles. The summed E-state index contributed by atoms with van der Waals surface area (Å²) in [5, 5.41) is 0. The lowest BCUT2D eigenvalue weighted by molar-refractivity contribution is 0.100. The van der Waals surface area contributed by atoms with Gasteiger partial charge in [-0.05, 0) is 12.1 Å². The number of carbonyl (C=O) groups excluding carboxylic acids is 2. The van der Waals surface area contributed by atoms with Crippen LogP contribution in [-0.4, -0.2) is 36.3 Å². The van der Waals surface area contributed by atoms with Crippen molar-refractivity contribution in [3.05, 3.63) is 23.3 Å². The molecule has 2 rings (SSSR count). The van der Waals surface area contributed by atoms with Crippen molar-refractivity contribution in [2.75, 3.05) is 19.0 Å². The number of hydrogen-bond acceptors (Lipinski definition) is 4. The fourth-order valence-corrected chi connectivity index (χ4v) is 1.58. The number of benzene rings is 1. The van der Waals surface area contributed by atoms with Crippen LogP contribution in [0.15, 0.2) is 12.1 Å². The number of aromatic nitrogens is 2. The molecule has 3 N–H and O–H groups in total. The molecule has 17 heavy (non-hydrogen) atoms. The average Bonchev–Trinajstić information content (AvgIpc) is 2.71. The lowest BCUT2D eigenvalue weighted by Gasteiger charge is -2.05. The number of nitrogens with one attached hydrogen (secondary N) is 1. The number of fused-ring (bicyclic) bond motifs is 1. The fourth-order valence-electron chi connectivity index (χ4n) is 1.58. The predicted octanol–water partition coefficient (Wildman–Crippen LogP) is 0.540. The lowest BCUT2D eigenvalue weighted by Crippen LogP contribution is -2.11. The summed E-state index contributed by atoms with van der Waals surface area (Å²) in [6, 6.07) is 3.03.